The van der Waals surface area contributed by atoms with Crippen molar-refractivity contribution in [3.8, 4) is 6.07 Å². The maximum atomic E-state index is 12.4. The molecule has 4 heteroatoms. The van der Waals surface area contributed by atoms with Crippen molar-refractivity contribution in [2.45, 2.75) is 58.5 Å². The summed E-state index contributed by atoms with van der Waals surface area (Å²) in [5.41, 5.74) is 0.313. The highest BCUT2D eigenvalue weighted by molar-refractivity contribution is 5.83. The molecule has 2 aliphatic heterocycles. The zero-order valence-corrected chi connectivity index (χ0v) is 12.3. The molecule has 2 heterocycles. The third-order valence-corrected chi connectivity index (χ3v) is 4.11. The van der Waals surface area contributed by atoms with E-state index >= 15 is 0 Å². The highest BCUT2D eigenvalue weighted by Crippen LogP contribution is 2.30. The van der Waals surface area contributed by atoms with Gasteiger partial charge < -0.3 is 10.2 Å². The van der Waals surface area contributed by atoms with Gasteiger partial charge in [-0.3, -0.25) is 4.79 Å². The predicted molar refractivity (Wildman–Crippen MR) is 74.3 cm³/mol. The summed E-state index contributed by atoms with van der Waals surface area (Å²) < 4.78 is 0. The molecule has 0 aromatic rings. The van der Waals surface area contributed by atoms with Gasteiger partial charge in [0.2, 0.25) is 5.91 Å². The third-order valence-electron chi connectivity index (χ3n) is 4.11. The van der Waals surface area contributed by atoms with Gasteiger partial charge in [0.25, 0.3) is 0 Å². The minimum atomic E-state index is -0.198. The van der Waals surface area contributed by atoms with Gasteiger partial charge in [0.05, 0.1) is 12.1 Å². The lowest BCUT2D eigenvalue weighted by molar-refractivity contribution is -0.133. The van der Waals surface area contributed by atoms with Crippen LogP contribution < -0.4 is 5.32 Å². The molecule has 2 unspecified atom stereocenters. The molecular formula is C15H25N3O. The quantitative estimate of drug-likeness (QED) is 0.828. The smallest absolute Gasteiger partial charge is 0.240 e. The second-order valence-corrected chi connectivity index (χ2v) is 7.15. The average Bonchev–Trinajstić information content (AvgIpc) is 2.93. The summed E-state index contributed by atoms with van der Waals surface area (Å²) in [6.07, 6.45) is 3.86. The molecule has 106 valence electrons. The molecule has 0 saturated carbocycles. The molecule has 0 aliphatic carbocycles. The predicted octanol–water partition coefficient (Wildman–Crippen LogP) is 1.92. The number of hydrogen-bond acceptors (Lipinski definition) is 3. The summed E-state index contributed by atoms with van der Waals surface area (Å²) in [6, 6.07) is 1.98. The Bertz CT molecular complexity index is 380. The fourth-order valence-electron chi connectivity index (χ4n) is 3.38. The Morgan fingerprint density at radius 2 is 2.21 bits per heavy atom. The van der Waals surface area contributed by atoms with Crippen LogP contribution in [0.25, 0.3) is 0 Å². The maximum Gasteiger partial charge on any atom is 0.240 e. The monoisotopic (exact) mass is 263 g/mol. The van der Waals surface area contributed by atoms with Crippen molar-refractivity contribution < 1.29 is 4.79 Å². The molecule has 3 atom stereocenters. The Balaban J connectivity index is 1.90. The first-order valence-electron chi connectivity index (χ1n) is 7.34. The Morgan fingerprint density at radius 1 is 1.47 bits per heavy atom. The standard InChI is InChI=1S/C15H25N3O/c1-15(2,3)8-11-7-13(17-10-11)14(19)18-6-4-5-12(18)9-16/h11-13,17H,4-8,10H2,1-3H3/t11?,12-,13?/m0/s1. The van der Waals surface area contributed by atoms with Crippen molar-refractivity contribution in [3.63, 3.8) is 0 Å². The number of carbonyl (C=O) groups is 1. The summed E-state index contributed by atoms with van der Waals surface area (Å²) in [4.78, 5) is 14.2. The molecule has 1 amide bonds. The summed E-state index contributed by atoms with van der Waals surface area (Å²) in [5.74, 6) is 0.720. The first-order chi connectivity index (χ1) is 8.90. The summed E-state index contributed by atoms with van der Waals surface area (Å²) >= 11 is 0. The van der Waals surface area contributed by atoms with E-state index in [9.17, 15) is 4.79 Å². The zero-order valence-electron chi connectivity index (χ0n) is 12.3. The molecule has 19 heavy (non-hydrogen) atoms. The molecule has 2 aliphatic rings. The van der Waals surface area contributed by atoms with Crippen LogP contribution in [-0.2, 0) is 4.79 Å². The molecule has 2 saturated heterocycles. The number of nitrogens with one attached hydrogen (secondary N) is 1. The van der Waals surface area contributed by atoms with E-state index in [1.165, 1.54) is 0 Å². The Kier molecular flexibility index (Phi) is 4.15. The molecule has 4 nitrogen and oxygen atoms in total. The highest BCUT2D eigenvalue weighted by atomic mass is 16.2. The van der Waals surface area contributed by atoms with Crippen LogP contribution in [-0.4, -0.2) is 36.0 Å². The van der Waals surface area contributed by atoms with Crippen molar-refractivity contribution in [3.05, 3.63) is 0 Å². The topological polar surface area (TPSA) is 56.1 Å². The number of rotatable bonds is 2. The SMILES string of the molecule is CC(C)(C)CC1CNC(C(=O)N2CCC[C@H]2C#N)C1. The van der Waals surface area contributed by atoms with Crippen molar-refractivity contribution in [2.24, 2.45) is 11.3 Å². The van der Waals surface area contributed by atoms with Crippen LogP contribution in [0.2, 0.25) is 0 Å². The molecule has 2 fully saturated rings. The van der Waals surface area contributed by atoms with Crippen LogP contribution in [0.15, 0.2) is 0 Å². The van der Waals surface area contributed by atoms with Gasteiger partial charge in [-0.05, 0) is 43.6 Å². The van der Waals surface area contributed by atoms with Gasteiger partial charge in [0.15, 0.2) is 0 Å². The molecular weight excluding hydrogens is 238 g/mol. The first-order valence-corrected chi connectivity index (χ1v) is 7.34. The van der Waals surface area contributed by atoms with Crippen molar-refractivity contribution in [2.75, 3.05) is 13.1 Å². The molecule has 0 spiro atoms. The fourth-order valence-corrected chi connectivity index (χ4v) is 3.38. The van der Waals surface area contributed by atoms with Gasteiger partial charge in [-0.2, -0.15) is 5.26 Å². The summed E-state index contributed by atoms with van der Waals surface area (Å²) in [5, 5.41) is 12.4. The second kappa shape index (κ2) is 5.50. The third kappa shape index (κ3) is 3.48. The van der Waals surface area contributed by atoms with Crippen LogP contribution in [0, 0.1) is 22.7 Å². The minimum Gasteiger partial charge on any atom is -0.325 e. The van der Waals surface area contributed by atoms with Crippen LogP contribution in [0.5, 0.6) is 0 Å². The van der Waals surface area contributed by atoms with Crippen LogP contribution in [0.1, 0.15) is 46.5 Å². The van der Waals surface area contributed by atoms with E-state index in [1.807, 2.05) is 0 Å². The molecule has 0 bridgehead atoms. The number of nitriles is 1. The van der Waals surface area contributed by atoms with Crippen LogP contribution in [0.4, 0.5) is 0 Å². The number of likely N-dealkylation sites (tertiary alicyclic amines) is 1. The Labute approximate surface area is 116 Å². The molecule has 0 radical (unpaired) electrons. The molecule has 2 rings (SSSR count). The Morgan fingerprint density at radius 3 is 2.84 bits per heavy atom. The van der Waals surface area contributed by atoms with Crippen LogP contribution in [0.3, 0.4) is 0 Å². The van der Waals surface area contributed by atoms with Gasteiger partial charge in [0.1, 0.15) is 6.04 Å². The normalized spacial score (nSPS) is 31.5. The van der Waals surface area contributed by atoms with E-state index in [1.54, 1.807) is 4.90 Å². The minimum absolute atomic E-state index is 0.0682. The van der Waals surface area contributed by atoms with E-state index in [2.05, 4.69) is 32.2 Å². The Hall–Kier alpha value is -1.08. The molecule has 0 aromatic carbocycles. The summed E-state index contributed by atoms with van der Waals surface area (Å²) in [7, 11) is 0. The van der Waals surface area contributed by atoms with Gasteiger partial charge in [-0.1, -0.05) is 20.8 Å². The number of hydrogen-bond donors (Lipinski definition) is 1. The lowest BCUT2D eigenvalue weighted by Gasteiger charge is -2.24. The number of amides is 1. The largest absolute Gasteiger partial charge is 0.325 e. The van der Waals surface area contributed by atoms with E-state index in [4.69, 9.17) is 5.26 Å². The lowest BCUT2D eigenvalue weighted by Crippen LogP contribution is -2.45. The highest BCUT2D eigenvalue weighted by Gasteiger charge is 2.37. The average molecular weight is 263 g/mol. The van der Waals surface area contributed by atoms with Crippen molar-refractivity contribution in [1.29, 1.82) is 5.26 Å². The van der Waals surface area contributed by atoms with E-state index < -0.39 is 0 Å². The lowest BCUT2D eigenvalue weighted by atomic mass is 9.83. The first kappa shape index (κ1) is 14.3. The van der Waals surface area contributed by atoms with Gasteiger partial charge in [0, 0.05) is 6.54 Å². The van der Waals surface area contributed by atoms with Crippen molar-refractivity contribution in [1.82, 2.24) is 10.2 Å². The van der Waals surface area contributed by atoms with E-state index in [-0.39, 0.29) is 18.0 Å². The zero-order chi connectivity index (χ0) is 14.0. The van der Waals surface area contributed by atoms with E-state index in [0.29, 0.717) is 11.3 Å². The molecule has 1 N–H and O–H groups in total. The van der Waals surface area contributed by atoms with Gasteiger partial charge in [-0.15, -0.1) is 0 Å². The number of nitrogens with zero attached hydrogens (tertiary/aromatic N) is 2. The fraction of sp³-hybridized carbons (Fsp3) is 0.867. The van der Waals surface area contributed by atoms with Crippen LogP contribution >= 0.6 is 0 Å². The van der Waals surface area contributed by atoms with Crippen molar-refractivity contribution >= 4 is 5.91 Å². The second-order valence-electron chi connectivity index (χ2n) is 7.15. The molecule has 0 aromatic heterocycles. The summed E-state index contributed by atoms with van der Waals surface area (Å²) in [6.45, 7) is 8.41. The van der Waals surface area contributed by atoms with E-state index in [0.717, 1.165) is 38.8 Å². The maximum absolute atomic E-state index is 12.4. The van der Waals surface area contributed by atoms with Gasteiger partial charge >= 0.3 is 0 Å². The number of carbonyl (C=O) groups excluding carboxylic acids is 1. The van der Waals surface area contributed by atoms with Gasteiger partial charge in [-0.25, -0.2) is 0 Å².